The summed E-state index contributed by atoms with van der Waals surface area (Å²) in [6.07, 6.45) is 0. The van der Waals surface area contributed by atoms with Gasteiger partial charge in [-0.2, -0.15) is 0 Å². The Hall–Kier alpha value is -11.1. The summed E-state index contributed by atoms with van der Waals surface area (Å²) in [6.45, 7) is 39.4. The second-order valence-electron chi connectivity index (χ2n) is 35.8. The quantitative estimate of drug-likeness (QED) is 0.129. The van der Waals surface area contributed by atoms with E-state index in [0.717, 1.165) is 101 Å². The number of hydrogen-bond donors (Lipinski definition) is 0. The first-order valence-corrected chi connectivity index (χ1v) is 38.3. The van der Waals surface area contributed by atoms with Crippen LogP contribution in [0.25, 0.3) is 66.1 Å². The summed E-state index contributed by atoms with van der Waals surface area (Å²) in [5.74, 6) is 0. The van der Waals surface area contributed by atoms with E-state index in [1.54, 1.807) is 0 Å². The number of anilines is 9. The lowest BCUT2D eigenvalue weighted by Gasteiger charge is -2.38. The summed E-state index contributed by atoms with van der Waals surface area (Å²) in [7, 11) is 0. The van der Waals surface area contributed by atoms with Crippen LogP contribution >= 0.6 is 0 Å². The first-order chi connectivity index (χ1) is 51.0. The van der Waals surface area contributed by atoms with Crippen LogP contribution in [0.2, 0.25) is 0 Å². The number of hydrogen-bond acceptors (Lipinski definition) is 5. The maximum absolute atomic E-state index is 7.23. The highest BCUT2D eigenvalue weighted by Crippen LogP contribution is 2.67. The summed E-state index contributed by atoms with van der Waals surface area (Å²) in [5.41, 5.74) is 29.5. The van der Waals surface area contributed by atoms with Gasteiger partial charge in [-0.05, 0) is 214 Å². The number of nitrogens with zero attached hydrogens (tertiary/aromatic N) is 3. The van der Waals surface area contributed by atoms with Crippen LogP contribution in [-0.2, 0) is 37.9 Å². The highest BCUT2D eigenvalue weighted by atomic mass is 16.3. The van der Waals surface area contributed by atoms with E-state index in [4.69, 9.17) is 8.83 Å². The lowest BCUT2D eigenvalue weighted by molar-refractivity contribution is 0.589. The monoisotopic (exact) mass is 1400 g/mol. The molecular weight excluding hydrogens is 1300 g/mol. The molecule has 0 bridgehead atoms. The summed E-state index contributed by atoms with van der Waals surface area (Å²) < 4.78 is 14.3. The molecule has 1 unspecified atom stereocenters. The molecule has 0 saturated heterocycles. The van der Waals surface area contributed by atoms with Gasteiger partial charge >= 0.3 is 0 Å². The summed E-state index contributed by atoms with van der Waals surface area (Å²) >= 11 is 0. The Labute approximate surface area is 632 Å². The number of benzene rings is 13. The predicted molar refractivity (Wildman–Crippen MR) is 453 cm³/mol. The number of rotatable bonds is 11. The van der Waals surface area contributed by atoms with Crippen molar-refractivity contribution in [2.75, 3.05) is 14.7 Å². The van der Waals surface area contributed by atoms with Crippen molar-refractivity contribution in [1.29, 1.82) is 0 Å². The van der Waals surface area contributed by atoms with Crippen LogP contribution in [0.4, 0.5) is 51.2 Å². The van der Waals surface area contributed by atoms with Gasteiger partial charge in [0, 0.05) is 61.1 Å². The third-order valence-corrected chi connectivity index (χ3v) is 23.3. The molecule has 2 heterocycles. The molecule has 17 rings (SSSR count). The van der Waals surface area contributed by atoms with E-state index >= 15 is 0 Å². The van der Waals surface area contributed by atoms with Gasteiger partial charge in [0.2, 0.25) is 0 Å². The maximum atomic E-state index is 7.23. The Bertz CT molecular complexity index is 5890. The molecule has 532 valence electrons. The molecule has 0 amide bonds. The number of para-hydroxylation sites is 4. The number of furan rings is 2. The molecule has 2 aliphatic carbocycles. The zero-order chi connectivity index (χ0) is 74.6. The molecular formula is C102H97N3O2. The van der Waals surface area contributed by atoms with Gasteiger partial charge in [0.1, 0.15) is 11.2 Å². The highest BCUT2D eigenvalue weighted by molar-refractivity contribution is 6.13. The Morgan fingerprint density at radius 3 is 1.06 bits per heavy atom. The molecule has 0 fully saturated rings. The molecule has 0 radical (unpaired) electrons. The molecule has 15 aromatic rings. The van der Waals surface area contributed by atoms with E-state index in [9.17, 15) is 0 Å². The summed E-state index contributed by atoms with van der Waals surface area (Å²) in [4.78, 5) is 7.45. The van der Waals surface area contributed by atoms with Crippen LogP contribution in [-0.4, -0.2) is 0 Å². The van der Waals surface area contributed by atoms with Crippen molar-refractivity contribution in [2.24, 2.45) is 0 Å². The topological polar surface area (TPSA) is 36.0 Å². The molecule has 107 heavy (non-hydrogen) atoms. The molecule has 0 saturated carbocycles. The molecule has 0 aliphatic heterocycles. The van der Waals surface area contributed by atoms with Gasteiger partial charge in [-0.1, -0.05) is 294 Å². The molecule has 0 N–H and O–H groups in total. The van der Waals surface area contributed by atoms with Gasteiger partial charge in [0.25, 0.3) is 0 Å². The van der Waals surface area contributed by atoms with Crippen LogP contribution < -0.4 is 14.7 Å². The van der Waals surface area contributed by atoms with Crippen molar-refractivity contribution in [1.82, 2.24) is 0 Å². The van der Waals surface area contributed by atoms with Gasteiger partial charge in [-0.25, -0.2) is 0 Å². The van der Waals surface area contributed by atoms with Gasteiger partial charge in [-0.15, -0.1) is 0 Å². The smallest absolute Gasteiger partial charge is 0.159 e. The van der Waals surface area contributed by atoms with E-state index in [2.05, 4.69) is 411 Å². The van der Waals surface area contributed by atoms with Crippen molar-refractivity contribution in [3.8, 4) is 22.3 Å². The van der Waals surface area contributed by atoms with Gasteiger partial charge < -0.3 is 23.5 Å². The third-order valence-electron chi connectivity index (χ3n) is 23.3. The van der Waals surface area contributed by atoms with E-state index in [0.29, 0.717) is 0 Å². The highest BCUT2D eigenvalue weighted by Gasteiger charge is 2.52. The predicted octanol–water partition coefficient (Wildman–Crippen LogP) is 29.1. The Kier molecular flexibility index (Phi) is 15.9. The summed E-state index contributed by atoms with van der Waals surface area (Å²) in [5, 5.41) is 4.32. The Morgan fingerprint density at radius 1 is 0.262 bits per heavy atom. The largest absolute Gasteiger partial charge is 0.454 e. The van der Waals surface area contributed by atoms with Crippen LogP contribution in [0.5, 0.6) is 0 Å². The van der Waals surface area contributed by atoms with Gasteiger partial charge in [0.15, 0.2) is 11.2 Å². The van der Waals surface area contributed by atoms with Crippen LogP contribution in [0, 0.1) is 0 Å². The van der Waals surface area contributed by atoms with Crippen molar-refractivity contribution < 1.29 is 8.83 Å². The zero-order valence-electron chi connectivity index (χ0n) is 65.2. The Balaban J connectivity index is 1.01. The van der Waals surface area contributed by atoms with Crippen molar-refractivity contribution in [3.63, 3.8) is 0 Å². The second-order valence-corrected chi connectivity index (χ2v) is 35.8. The second kappa shape index (κ2) is 24.7. The van der Waals surface area contributed by atoms with Crippen LogP contribution in [0.1, 0.15) is 179 Å². The van der Waals surface area contributed by atoms with Crippen molar-refractivity contribution >= 4 is 95.1 Å². The van der Waals surface area contributed by atoms with Gasteiger partial charge in [-0.3, -0.25) is 0 Å². The van der Waals surface area contributed by atoms with Gasteiger partial charge in [0.05, 0.1) is 22.5 Å². The average molecular weight is 1400 g/mol. The normalized spacial score (nSPS) is 14.9. The lowest BCUT2D eigenvalue weighted by atomic mass is 9.66. The SMILES string of the molecule is CC(C)(C)c1ccc(N(c2ccc(C(C)(C)C)cc2)c2ccc(C3(c4ccc(C(C)(C)C)cc4)c4cc(N(c5ccc(C(C)(C)C)cc5)c5cccc6c5oc5ccccc56)ccc4-c4c3cc(N(c3ccc(C(C)(C)C)cc3)c3cccc5c3oc3ccccc35)c3c4-c4ccccc4C3(C)C)cc2)cc1. The van der Waals surface area contributed by atoms with Crippen LogP contribution in [0.3, 0.4) is 0 Å². The average Bonchev–Trinajstić information content (AvgIpc) is 1.50. The lowest BCUT2D eigenvalue weighted by Crippen LogP contribution is -2.30. The first-order valence-electron chi connectivity index (χ1n) is 38.3. The zero-order valence-corrected chi connectivity index (χ0v) is 65.2. The fourth-order valence-electron chi connectivity index (χ4n) is 17.5. The molecule has 5 heteroatoms. The third kappa shape index (κ3) is 11.3. The fraction of sp³-hybridized carbons (Fsp3) is 0.235. The molecule has 2 aliphatic rings. The molecule has 13 aromatic carbocycles. The number of fused-ring (bicyclic) bond motifs is 13. The van der Waals surface area contributed by atoms with Crippen molar-refractivity contribution in [2.45, 2.75) is 156 Å². The van der Waals surface area contributed by atoms with E-state index < -0.39 is 10.8 Å². The molecule has 5 nitrogen and oxygen atoms in total. The molecule has 0 spiro atoms. The minimum Gasteiger partial charge on any atom is -0.454 e. The van der Waals surface area contributed by atoms with Crippen LogP contribution in [0.15, 0.2) is 288 Å². The summed E-state index contributed by atoms with van der Waals surface area (Å²) in [6, 6.07) is 106. The van der Waals surface area contributed by atoms with E-state index in [1.807, 2.05) is 0 Å². The van der Waals surface area contributed by atoms with Crippen molar-refractivity contribution in [3.05, 3.63) is 340 Å². The standard InChI is InChI=1S/C102H97N3O2/c1-96(2,3)64-36-38-69(39-37-64)102(70-48-58-73(59-49-70)103(71-50-40-65(41-51-71)97(4,5)6)72-52-42-66(43-53-72)98(7,8)9)84-62-76(104(74-54-44-67(45-55-74)99(10,11)12)86-32-24-29-79-77-26-19-22-34-89(77)106-94(79)86)60-61-82(84)91-85(102)63-88(93-92(91)81-28-18-21-31-83(81)101(93,16)17)105(75-56-46-68(47-57-75)100(13,14)15)87-33-25-30-80-78-27-20-23-35-90(78)107-95(80)87/h18-63H,1-17H3. The Morgan fingerprint density at radius 2 is 0.607 bits per heavy atom. The van der Waals surface area contributed by atoms with E-state index in [1.165, 1.54) is 77.9 Å². The first kappa shape index (κ1) is 68.9. The minimum atomic E-state index is -0.991. The molecule has 1 atom stereocenters. The minimum absolute atomic E-state index is 0.0202. The van der Waals surface area contributed by atoms with E-state index in [-0.39, 0.29) is 27.1 Å². The fourth-order valence-corrected chi connectivity index (χ4v) is 17.5. The maximum Gasteiger partial charge on any atom is 0.159 e. The molecule has 2 aromatic heterocycles.